The topological polar surface area (TPSA) is 95.9 Å². The van der Waals surface area contributed by atoms with Crippen molar-refractivity contribution in [3.05, 3.63) is 12.2 Å². The third-order valence-corrected chi connectivity index (χ3v) is 19.6. The molecule has 0 fully saturated rings. The van der Waals surface area contributed by atoms with Gasteiger partial charge in [0.1, 0.15) is 0 Å². The highest BCUT2D eigenvalue weighted by Gasteiger charge is 2.18. The van der Waals surface area contributed by atoms with Gasteiger partial charge in [0.05, 0.1) is 25.4 Å². The van der Waals surface area contributed by atoms with Gasteiger partial charge in [0.2, 0.25) is 5.91 Å². The predicted octanol–water partition coefficient (Wildman–Crippen LogP) is 27.1. The lowest BCUT2D eigenvalue weighted by molar-refractivity contribution is -0.143. The van der Waals surface area contributed by atoms with E-state index in [0.717, 1.165) is 38.5 Å². The Morgan fingerprint density at radius 1 is 0.307 bits per heavy atom. The summed E-state index contributed by atoms with van der Waals surface area (Å²) in [4.78, 5) is 24.6. The summed E-state index contributed by atoms with van der Waals surface area (Å²) in [6, 6.07) is -0.624. The van der Waals surface area contributed by atoms with Crippen molar-refractivity contribution in [2.75, 3.05) is 13.2 Å². The molecule has 0 aromatic heterocycles. The predicted molar refractivity (Wildman–Crippen MR) is 389 cm³/mol. The average molecular weight is 1240 g/mol. The van der Waals surface area contributed by atoms with E-state index in [4.69, 9.17) is 4.74 Å². The molecule has 0 aliphatic heterocycles. The summed E-state index contributed by atoms with van der Waals surface area (Å²) in [5.74, 6) is -0.0312. The Kier molecular flexibility index (Phi) is 76.8. The smallest absolute Gasteiger partial charge is 0.305 e. The number of aliphatic hydroxyl groups excluding tert-OH is 2. The molecular formula is C82H161NO5. The lowest BCUT2D eigenvalue weighted by Crippen LogP contribution is -2.45. The SMILES string of the molecule is CCCCCCCCCCCCCCCCCCCCCC/C=C/C(O)C(CO)NC(=O)CCCCCCCCCCCCCCCCCCCCCCCCCCCCCCCCCCCCCOC(=O)CCCCCCCCCCCCCCCC. The van der Waals surface area contributed by atoms with Crippen molar-refractivity contribution in [3.63, 3.8) is 0 Å². The number of nitrogens with one attached hydrogen (secondary N) is 1. The van der Waals surface area contributed by atoms with Crippen molar-refractivity contribution in [1.82, 2.24) is 5.32 Å². The van der Waals surface area contributed by atoms with Gasteiger partial charge in [0, 0.05) is 12.8 Å². The molecule has 0 aromatic carbocycles. The Hall–Kier alpha value is -1.40. The van der Waals surface area contributed by atoms with E-state index in [9.17, 15) is 19.8 Å². The summed E-state index contributed by atoms with van der Waals surface area (Å²) in [7, 11) is 0. The molecule has 0 aliphatic rings. The van der Waals surface area contributed by atoms with E-state index in [0.29, 0.717) is 19.4 Å². The van der Waals surface area contributed by atoms with Crippen molar-refractivity contribution in [1.29, 1.82) is 0 Å². The number of hydrogen-bond donors (Lipinski definition) is 3. The van der Waals surface area contributed by atoms with Crippen LogP contribution in [0.1, 0.15) is 476 Å². The fourth-order valence-corrected chi connectivity index (χ4v) is 13.3. The Balaban J connectivity index is 3.33. The number of esters is 1. The highest BCUT2D eigenvalue weighted by molar-refractivity contribution is 5.76. The van der Waals surface area contributed by atoms with Crippen LogP contribution in [0.2, 0.25) is 0 Å². The number of carbonyl (C=O) groups excluding carboxylic acids is 2. The van der Waals surface area contributed by atoms with Gasteiger partial charge < -0.3 is 20.3 Å². The highest BCUT2D eigenvalue weighted by Crippen LogP contribution is 2.21. The van der Waals surface area contributed by atoms with Crippen molar-refractivity contribution >= 4 is 11.9 Å². The van der Waals surface area contributed by atoms with Gasteiger partial charge in [-0.05, 0) is 32.1 Å². The second-order valence-corrected chi connectivity index (χ2v) is 28.5. The molecule has 6 nitrogen and oxygen atoms in total. The van der Waals surface area contributed by atoms with E-state index in [-0.39, 0.29) is 18.5 Å². The zero-order valence-corrected chi connectivity index (χ0v) is 60.3. The van der Waals surface area contributed by atoms with Crippen LogP contribution in [0, 0.1) is 0 Å². The van der Waals surface area contributed by atoms with Gasteiger partial charge in [-0.2, -0.15) is 0 Å². The third-order valence-electron chi connectivity index (χ3n) is 19.6. The number of amides is 1. The molecule has 0 saturated heterocycles. The maximum Gasteiger partial charge on any atom is 0.305 e. The number of unbranched alkanes of at least 4 members (excludes halogenated alkanes) is 67. The highest BCUT2D eigenvalue weighted by atomic mass is 16.5. The van der Waals surface area contributed by atoms with E-state index in [2.05, 4.69) is 19.2 Å². The number of rotatable bonds is 78. The quantitative estimate of drug-likeness (QED) is 0.0320. The lowest BCUT2D eigenvalue weighted by atomic mass is 10.0. The minimum absolute atomic E-state index is 0.0259. The van der Waals surface area contributed by atoms with Gasteiger partial charge in [-0.1, -0.05) is 443 Å². The van der Waals surface area contributed by atoms with Gasteiger partial charge in [-0.25, -0.2) is 0 Å². The van der Waals surface area contributed by atoms with Crippen LogP contribution in [0.15, 0.2) is 12.2 Å². The van der Waals surface area contributed by atoms with Crippen LogP contribution in [-0.2, 0) is 14.3 Å². The summed E-state index contributed by atoms with van der Waals surface area (Å²) in [5, 5.41) is 23.3. The van der Waals surface area contributed by atoms with Crippen LogP contribution in [-0.4, -0.2) is 47.4 Å². The van der Waals surface area contributed by atoms with E-state index in [1.807, 2.05) is 6.08 Å². The molecule has 0 saturated carbocycles. The first-order valence-corrected chi connectivity index (χ1v) is 41.0. The van der Waals surface area contributed by atoms with Crippen LogP contribution in [0.5, 0.6) is 0 Å². The molecule has 1 amide bonds. The van der Waals surface area contributed by atoms with Gasteiger partial charge in [0.25, 0.3) is 0 Å². The molecule has 0 heterocycles. The normalized spacial score (nSPS) is 12.5. The molecule has 0 bridgehead atoms. The molecule has 0 rings (SSSR count). The Morgan fingerprint density at radius 3 is 0.773 bits per heavy atom. The summed E-state index contributed by atoms with van der Waals surface area (Å²) in [5.41, 5.74) is 0. The van der Waals surface area contributed by atoms with Gasteiger partial charge in [0.15, 0.2) is 0 Å². The molecule has 0 spiro atoms. The Morgan fingerprint density at radius 2 is 0.523 bits per heavy atom. The maximum absolute atomic E-state index is 12.6. The largest absolute Gasteiger partial charge is 0.466 e. The summed E-state index contributed by atoms with van der Waals surface area (Å²) in [6.07, 6.45) is 99.2. The van der Waals surface area contributed by atoms with Crippen LogP contribution in [0.25, 0.3) is 0 Å². The number of aliphatic hydroxyl groups is 2. The van der Waals surface area contributed by atoms with Gasteiger partial charge >= 0.3 is 5.97 Å². The van der Waals surface area contributed by atoms with Crippen molar-refractivity contribution in [2.45, 2.75) is 488 Å². The first-order chi connectivity index (χ1) is 43.5. The molecule has 0 aliphatic carbocycles. The van der Waals surface area contributed by atoms with Gasteiger partial charge in [-0.3, -0.25) is 9.59 Å². The van der Waals surface area contributed by atoms with Crippen LogP contribution >= 0.6 is 0 Å². The molecular weight excluding hydrogens is 1080 g/mol. The molecule has 0 radical (unpaired) electrons. The van der Waals surface area contributed by atoms with E-state index < -0.39 is 12.1 Å². The second kappa shape index (κ2) is 78.0. The summed E-state index contributed by atoms with van der Waals surface area (Å²) in [6.45, 7) is 4.97. The standard InChI is InChI=1S/C82H161NO5/c1-3-5-7-9-11-13-15-17-19-20-21-22-38-41-44-47-50-54-58-62-66-70-74-80(85)79(78-84)83-81(86)75-71-67-63-59-55-51-48-45-42-39-36-34-32-30-28-26-24-23-25-27-29-31-33-35-37-40-43-46-49-53-57-61-65-69-73-77-88-82(87)76-72-68-64-60-56-52-18-16-14-12-10-8-6-4-2/h70,74,79-80,84-85H,3-69,71-73,75-78H2,1-2H3,(H,83,86)/b74-70+. The molecule has 524 valence electrons. The molecule has 6 heteroatoms. The number of hydrogen-bond acceptors (Lipinski definition) is 5. The zero-order chi connectivity index (χ0) is 63.5. The zero-order valence-electron chi connectivity index (χ0n) is 60.3. The molecule has 2 unspecified atom stereocenters. The monoisotopic (exact) mass is 1240 g/mol. The molecule has 0 aromatic rings. The molecule has 88 heavy (non-hydrogen) atoms. The van der Waals surface area contributed by atoms with Crippen LogP contribution in [0.3, 0.4) is 0 Å². The van der Waals surface area contributed by atoms with Crippen molar-refractivity contribution in [2.24, 2.45) is 0 Å². The third kappa shape index (κ3) is 73.6. The van der Waals surface area contributed by atoms with Crippen LogP contribution in [0.4, 0.5) is 0 Å². The van der Waals surface area contributed by atoms with Crippen molar-refractivity contribution in [3.8, 4) is 0 Å². The van der Waals surface area contributed by atoms with Crippen LogP contribution < -0.4 is 5.32 Å². The Labute approximate surface area is 552 Å². The number of ether oxygens (including phenoxy) is 1. The summed E-state index contributed by atoms with van der Waals surface area (Å²) < 4.78 is 5.50. The number of carbonyl (C=O) groups is 2. The minimum Gasteiger partial charge on any atom is -0.466 e. The Bertz CT molecular complexity index is 1340. The van der Waals surface area contributed by atoms with Gasteiger partial charge in [-0.15, -0.1) is 0 Å². The fourth-order valence-electron chi connectivity index (χ4n) is 13.3. The van der Waals surface area contributed by atoms with E-state index >= 15 is 0 Å². The van der Waals surface area contributed by atoms with Crippen molar-refractivity contribution < 1.29 is 24.5 Å². The minimum atomic E-state index is -0.841. The first kappa shape index (κ1) is 86.6. The molecule has 3 N–H and O–H groups in total. The second-order valence-electron chi connectivity index (χ2n) is 28.5. The van der Waals surface area contributed by atoms with E-state index in [1.54, 1.807) is 6.08 Å². The first-order valence-electron chi connectivity index (χ1n) is 41.0. The fraction of sp³-hybridized carbons (Fsp3) is 0.951. The summed E-state index contributed by atoms with van der Waals surface area (Å²) >= 11 is 0. The van der Waals surface area contributed by atoms with E-state index in [1.165, 1.54) is 411 Å². The average Bonchev–Trinajstić information content (AvgIpc) is 3.58. The maximum atomic E-state index is 12.6. The molecule has 2 atom stereocenters. The number of allylic oxidation sites excluding steroid dienone is 1. The lowest BCUT2D eigenvalue weighted by Gasteiger charge is -2.20.